The highest BCUT2D eigenvalue weighted by atomic mass is 19.1. The lowest BCUT2D eigenvalue weighted by atomic mass is 10.2. The van der Waals surface area contributed by atoms with Gasteiger partial charge in [0.2, 0.25) is 0 Å². The molecule has 0 aliphatic rings. The van der Waals surface area contributed by atoms with E-state index in [2.05, 4.69) is 10.5 Å². The zero-order chi connectivity index (χ0) is 18.5. The highest BCUT2D eigenvalue weighted by molar-refractivity contribution is 5.94. The van der Waals surface area contributed by atoms with Gasteiger partial charge in [-0.25, -0.2) is 14.6 Å². The number of nitrogens with zero attached hydrogens (tertiary/aromatic N) is 2. The monoisotopic (exact) mass is 351 g/mol. The number of amides is 1. The first-order valence-electron chi connectivity index (χ1n) is 7.64. The van der Waals surface area contributed by atoms with Crippen molar-refractivity contribution in [2.45, 2.75) is 0 Å². The van der Waals surface area contributed by atoms with Crippen LogP contribution in [-0.4, -0.2) is 27.8 Å². The van der Waals surface area contributed by atoms with Crippen molar-refractivity contribution >= 4 is 18.1 Å². The van der Waals surface area contributed by atoms with Crippen molar-refractivity contribution in [1.82, 2.24) is 9.99 Å². The fourth-order valence-electron chi connectivity index (χ4n) is 2.35. The molecular weight excluding hydrogens is 337 g/mol. The molecule has 2 N–H and O–H groups in total. The van der Waals surface area contributed by atoms with Gasteiger partial charge in [0.15, 0.2) is 0 Å². The highest BCUT2D eigenvalue weighted by Gasteiger charge is 2.06. The van der Waals surface area contributed by atoms with Crippen molar-refractivity contribution in [3.8, 4) is 5.69 Å². The van der Waals surface area contributed by atoms with E-state index in [0.717, 1.165) is 11.8 Å². The van der Waals surface area contributed by atoms with Crippen molar-refractivity contribution in [3.05, 3.63) is 89.5 Å². The minimum Gasteiger partial charge on any atom is -0.478 e. The van der Waals surface area contributed by atoms with Crippen LogP contribution in [0.1, 0.15) is 26.4 Å². The molecule has 0 aliphatic heterocycles. The predicted molar refractivity (Wildman–Crippen MR) is 94.2 cm³/mol. The van der Waals surface area contributed by atoms with Gasteiger partial charge in [0.25, 0.3) is 5.91 Å². The number of hydrogen-bond donors (Lipinski definition) is 2. The van der Waals surface area contributed by atoms with Gasteiger partial charge in [-0.15, -0.1) is 0 Å². The van der Waals surface area contributed by atoms with Crippen LogP contribution in [0.15, 0.2) is 72.0 Å². The van der Waals surface area contributed by atoms with E-state index in [1.807, 2.05) is 0 Å². The van der Waals surface area contributed by atoms with E-state index in [-0.39, 0.29) is 11.1 Å². The third-order valence-electron chi connectivity index (χ3n) is 3.62. The Morgan fingerprint density at radius 3 is 2.50 bits per heavy atom. The summed E-state index contributed by atoms with van der Waals surface area (Å²) in [5.41, 5.74) is 4.12. The van der Waals surface area contributed by atoms with Crippen LogP contribution >= 0.6 is 0 Å². The van der Waals surface area contributed by atoms with Crippen LogP contribution in [0.4, 0.5) is 4.39 Å². The van der Waals surface area contributed by atoms with Gasteiger partial charge in [0, 0.05) is 17.4 Å². The predicted octanol–water partition coefficient (Wildman–Crippen LogP) is 3.08. The molecule has 6 nitrogen and oxygen atoms in total. The normalized spacial score (nSPS) is 10.8. The fourth-order valence-corrected chi connectivity index (χ4v) is 2.35. The third kappa shape index (κ3) is 3.84. The molecular formula is C19H14FN3O3. The molecule has 0 radical (unpaired) electrons. The van der Waals surface area contributed by atoms with Gasteiger partial charge < -0.3 is 9.67 Å². The quantitative estimate of drug-likeness (QED) is 0.547. The molecule has 26 heavy (non-hydrogen) atoms. The summed E-state index contributed by atoms with van der Waals surface area (Å²) in [6, 6.07) is 15.2. The molecule has 1 heterocycles. The minimum atomic E-state index is -0.995. The smallest absolute Gasteiger partial charge is 0.335 e. The number of halogens is 1. The lowest BCUT2D eigenvalue weighted by molar-refractivity contribution is 0.0696. The SMILES string of the molecule is O=C(O)c1ccc(-n2cccc2/C=N\NC(=O)c2cccc(F)c2)cc1. The molecule has 1 amide bonds. The molecule has 130 valence electrons. The second-order valence-electron chi connectivity index (χ2n) is 5.36. The number of aromatic carboxylic acids is 1. The van der Waals surface area contributed by atoms with Gasteiger partial charge in [-0.2, -0.15) is 5.10 Å². The standard InChI is InChI=1S/C19H14FN3O3/c20-15-4-1-3-14(11-15)18(24)22-21-12-17-5-2-10-23(17)16-8-6-13(7-9-16)19(25)26/h1-12H,(H,22,24)(H,25,26)/b21-12-. The number of hydrogen-bond acceptors (Lipinski definition) is 3. The Kier molecular flexibility index (Phi) is 4.89. The Morgan fingerprint density at radius 2 is 1.81 bits per heavy atom. The summed E-state index contributed by atoms with van der Waals surface area (Å²) in [6.07, 6.45) is 3.23. The van der Waals surface area contributed by atoms with Crippen molar-refractivity contribution in [2.24, 2.45) is 5.10 Å². The van der Waals surface area contributed by atoms with E-state index < -0.39 is 17.7 Å². The lowest BCUT2D eigenvalue weighted by Crippen LogP contribution is -2.18. The largest absolute Gasteiger partial charge is 0.478 e. The van der Waals surface area contributed by atoms with Crippen LogP contribution in [0.3, 0.4) is 0 Å². The molecule has 0 bridgehead atoms. The topological polar surface area (TPSA) is 83.7 Å². The summed E-state index contributed by atoms with van der Waals surface area (Å²) in [4.78, 5) is 22.8. The number of aromatic nitrogens is 1. The van der Waals surface area contributed by atoms with Crippen LogP contribution in [0.2, 0.25) is 0 Å². The zero-order valence-corrected chi connectivity index (χ0v) is 13.5. The number of hydrazone groups is 1. The van der Waals surface area contributed by atoms with Crippen LogP contribution in [0.25, 0.3) is 5.69 Å². The molecule has 7 heteroatoms. The molecule has 0 saturated heterocycles. The van der Waals surface area contributed by atoms with E-state index >= 15 is 0 Å². The van der Waals surface area contributed by atoms with Gasteiger partial charge in [0.1, 0.15) is 5.82 Å². The van der Waals surface area contributed by atoms with E-state index in [4.69, 9.17) is 5.11 Å². The van der Waals surface area contributed by atoms with Gasteiger partial charge in [-0.3, -0.25) is 4.79 Å². The summed E-state index contributed by atoms with van der Waals surface area (Å²) in [5.74, 6) is -2.02. The maximum absolute atomic E-state index is 13.1. The third-order valence-corrected chi connectivity index (χ3v) is 3.62. The van der Waals surface area contributed by atoms with E-state index in [1.165, 1.54) is 36.5 Å². The summed E-state index contributed by atoms with van der Waals surface area (Å²) in [5, 5.41) is 12.8. The molecule has 0 unspecified atom stereocenters. The first-order valence-corrected chi connectivity index (χ1v) is 7.64. The Hall–Kier alpha value is -3.74. The molecule has 1 aromatic heterocycles. The van der Waals surface area contributed by atoms with Gasteiger partial charge in [-0.05, 0) is 54.6 Å². The summed E-state index contributed by atoms with van der Waals surface area (Å²) < 4.78 is 14.9. The van der Waals surface area contributed by atoms with E-state index in [0.29, 0.717) is 5.69 Å². The van der Waals surface area contributed by atoms with Gasteiger partial charge in [0.05, 0.1) is 17.5 Å². The number of carbonyl (C=O) groups is 2. The van der Waals surface area contributed by atoms with Crippen LogP contribution < -0.4 is 5.43 Å². The number of carboxylic acids is 1. The molecule has 2 aromatic carbocycles. The summed E-state index contributed by atoms with van der Waals surface area (Å²) in [7, 11) is 0. The molecule has 0 fully saturated rings. The van der Waals surface area contributed by atoms with E-state index in [1.54, 1.807) is 35.0 Å². The fraction of sp³-hybridized carbons (Fsp3) is 0. The molecule has 3 aromatic rings. The van der Waals surface area contributed by atoms with Crippen LogP contribution in [-0.2, 0) is 0 Å². The first kappa shape index (κ1) is 17.1. The Morgan fingerprint density at radius 1 is 1.04 bits per heavy atom. The Balaban J connectivity index is 1.73. The number of rotatable bonds is 5. The number of carbonyl (C=O) groups excluding carboxylic acids is 1. The van der Waals surface area contributed by atoms with Crippen LogP contribution in [0.5, 0.6) is 0 Å². The zero-order valence-electron chi connectivity index (χ0n) is 13.5. The molecule has 3 rings (SSSR count). The Bertz CT molecular complexity index is 978. The van der Waals surface area contributed by atoms with Crippen molar-refractivity contribution in [3.63, 3.8) is 0 Å². The van der Waals surface area contributed by atoms with Crippen molar-refractivity contribution in [1.29, 1.82) is 0 Å². The van der Waals surface area contributed by atoms with Crippen molar-refractivity contribution in [2.75, 3.05) is 0 Å². The minimum absolute atomic E-state index is 0.168. The van der Waals surface area contributed by atoms with Gasteiger partial charge >= 0.3 is 5.97 Å². The molecule has 0 aliphatic carbocycles. The maximum Gasteiger partial charge on any atom is 0.335 e. The van der Waals surface area contributed by atoms with Crippen molar-refractivity contribution < 1.29 is 19.1 Å². The average Bonchev–Trinajstić information content (AvgIpc) is 3.10. The molecule has 0 spiro atoms. The highest BCUT2D eigenvalue weighted by Crippen LogP contribution is 2.13. The average molecular weight is 351 g/mol. The lowest BCUT2D eigenvalue weighted by Gasteiger charge is -2.06. The molecule has 0 saturated carbocycles. The number of benzene rings is 2. The Labute approximate surface area is 148 Å². The maximum atomic E-state index is 13.1. The van der Waals surface area contributed by atoms with Crippen LogP contribution in [0, 0.1) is 5.82 Å². The van der Waals surface area contributed by atoms with Gasteiger partial charge in [-0.1, -0.05) is 6.07 Å². The summed E-state index contributed by atoms with van der Waals surface area (Å²) in [6.45, 7) is 0. The first-order chi connectivity index (χ1) is 12.5. The summed E-state index contributed by atoms with van der Waals surface area (Å²) >= 11 is 0. The second-order valence-corrected chi connectivity index (χ2v) is 5.36. The molecule has 0 atom stereocenters. The number of carboxylic acid groups (broad SMARTS) is 1. The number of nitrogens with one attached hydrogen (secondary N) is 1. The second kappa shape index (κ2) is 7.43. The van der Waals surface area contributed by atoms with E-state index in [9.17, 15) is 14.0 Å².